The monoisotopic (exact) mass is 227 g/mol. The van der Waals surface area contributed by atoms with Gasteiger partial charge in [-0.1, -0.05) is 13.8 Å². The Labute approximate surface area is 96.1 Å². The van der Waals surface area contributed by atoms with Crippen molar-refractivity contribution in [1.82, 2.24) is 10.6 Å². The normalized spacial score (nSPS) is 17.2. The molecule has 0 spiro atoms. The number of rotatable bonds is 7. The number of carbonyl (C=O) groups excluding carboxylic acids is 2. The number of primary amides is 1. The Balaban J connectivity index is 2.30. The third kappa shape index (κ3) is 5.11. The molecule has 92 valence electrons. The van der Waals surface area contributed by atoms with Gasteiger partial charge in [-0.25, -0.2) is 0 Å². The standard InChI is InChI=1S/C11H21N3O2/c1-7(2)6-13-9(11(12)16)5-10(15)14-8-3-4-8/h7-9,13H,3-6H2,1-2H3,(H2,12,16)(H,14,15). The Morgan fingerprint density at radius 2 is 2.00 bits per heavy atom. The van der Waals surface area contributed by atoms with Gasteiger partial charge >= 0.3 is 0 Å². The molecule has 0 aromatic rings. The molecule has 5 nitrogen and oxygen atoms in total. The summed E-state index contributed by atoms with van der Waals surface area (Å²) in [6.45, 7) is 4.76. The third-order valence-corrected chi connectivity index (χ3v) is 2.45. The first kappa shape index (κ1) is 13.0. The molecule has 0 aromatic heterocycles. The second kappa shape index (κ2) is 5.84. The van der Waals surface area contributed by atoms with Gasteiger partial charge in [0.2, 0.25) is 11.8 Å². The average Bonchev–Trinajstić information content (AvgIpc) is 2.95. The largest absolute Gasteiger partial charge is 0.368 e. The van der Waals surface area contributed by atoms with Gasteiger partial charge in [-0.2, -0.15) is 0 Å². The van der Waals surface area contributed by atoms with Gasteiger partial charge in [-0.05, 0) is 25.3 Å². The van der Waals surface area contributed by atoms with Crippen LogP contribution in [-0.4, -0.2) is 30.4 Å². The molecular weight excluding hydrogens is 206 g/mol. The van der Waals surface area contributed by atoms with E-state index in [-0.39, 0.29) is 12.3 Å². The molecule has 0 saturated heterocycles. The fourth-order valence-corrected chi connectivity index (χ4v) is 1.35. The lowest BCUT2D eigenvalue weighted by molar-refractivity contribution is -0.126. The van der Waals surface area contributed by atoms with Crippen molar-refractivity contribution in [3.8, 4) is 0 Å². The number of hydrogen-bond donors (Lipinski definition) is 3. The molecule has 1 aliphatic carbocycles. The van der Waals surface area contributed by atoms with Gasteiger partial charge < -0.3 is 16.4 Å². The number of hydrogen-bond acceptors (Lipinski definition) is 3. The highest BCUT2D eigenvalue weighted by Gasteiger charge is 2.26. The van der Waals surface area contributed by atoms with E-state index in [0.717, 1.165) is 12.8 Å². The van der Waals surface area contributed by atoms with Gasteiger partial charge in [-0.3, -0.25) is 9.59 Å². The Kier molecular flexibility index (Phi) is 4.73. The predicted molar refractivity (Wildman–Crippen MR) is 61.6 cm³/mol. The zero-order valence-electron chi connectivity index (χ0n) is 9.95. The van der Waals surface area contributed by atoms with Gasteiger partial charge in [0.25, 0.3) is 0 Å². The molecule has 1 fully saturated rings. The summed E-state index contributed by atoms with van der Waals surface area (Å²) in [4.78, 5) is 22.6. The summed E-state index contributed by atoms with van der Waals surface area (Å²) in [5, 5.41) is 5.85. The second-order valence-corrected chi connectivity index (χ2v) is 4.80. The number of carbonyl (C=O) groups is 2. The van der Waals surface area contributed by atoms with E-state index >= 15 is 0 Å². The summed E-state index contributed by atoms with van der Waals surface area (Å²) in [5.74, 6) is -0.137. The molecule has 0 radical (unpaired) electrons. The molecule has 16 heavy (non-hydrogen) atoms. The van der Waals surface area contributed by atoms with Crippen LogP contribution in [0.5, 0.6) is 0 Å². The second-order valence-electron chi connectivity index (χ2n) is 4.80. The summed E-state index contributed by atoms with van der Waals surface area (Å²) in [5.41, 5.74) is 5.24. The van der Waals surface area contributed by atoms with E-state index < -0.39 is 11.9 Å². The van der Waals surface area contributed by atoms with Crippen molar-refractivity contribution in [3.05, 3.63) is 0 Å². The Hall–Kier alpha value is -1.10. The molecule has 1 atom stereocenters. The minimum absolute atomic E-state index is 0.0949. The smallest absolute Gasteiger partial charge is 0.235 e. The lowest BCUT2D eigenvalue weighted by Crippen LogP contribution is -2.46. The summed E-state index contributed by atoms with van der Waals surface area (Å²) in [6.07, 6.45) is 2.23. The summed E-state index contributed by atoms with van der Waals surface area (Å²) in [7, 11) is 0. The van der Waals surface area contributed by atoms with Crippen molar-refractivity contribution in [2.75, 3.05) is 6.54 Å². The lowest BCUT2D eigenvalue weighted by Gasteiger charge is -2.16. The maximum absolute atomic E-state index is 11.5. The highest BCUT2D eigenvalue weighted by atomic mass is 16.2. The topological polar surface area (TPSA) is 84.2 Å². The van der Waals surface area contributed by atoms with Crippen LogP contribution in [0.2, 0.25) is 0 Å². The quantitative estimate of drug-likeness (QED) is 0.561. The first-order valence-corrected chi connectivity index (χ1v) is 5.81. The fraction of sp³-hybridized carbons (Fsp3) is 0.818. The number of nitrogens with one attached hydrogen (secondary N) is 2. The first-order valence-electron chi connectivity index (χ1n) is 5.81. The Morgan fingerprint density at radius 1 is 1.38 bits per heavy atom. The van der Waals surface area contributed by atoms with Crippen LogP contribution in [0.3, 0.4) is 0 Å². The van der Waals surface area contributed by atoms with E-state index in [1.807, 2.05) is 13.8 Å². The zero-order chi connectivity index (χ0) is 12.1. The Morgan fingerprint density at radius 3 is 2.44 bits per heavy atom. The van der Waals surface area contributed by atoms with Crippen molar-refractivity contribution in [1.29, 1.82) is 0 Å². The fourth-order valence-electron chi connectivity index (χ4n) is 1.35. The molecule has 0 aliphatic heterocycles. The maximum Gasteiger partial charge on any atom is 0.235 e. The molecule has 0 bridgehead atoms. The van der Waals surface area contributed by atoms with Crippen LogP contribution in [-0.2, 0) is 9.59 Å². The maximum atomic E-state index is 11.5. The summed E-state index contributed by atoms with van der Waals surface area (Å²) >= 11 is 0. The molecular formula is C11H21N3O2. The SMILES string of the molecule is CC(C)CNC(CC(=O)NC1CC1)C(N)=O. The highest BCUT2D eigenvalue weighted by Crippen LogP contribution is 2.18. The van der Waals surface area contributed by atoms with E-state index in [0.29, 0.717) is 18.5 Å². The van der Waals surface area contributed by atoms with Crippen LogP contribution >= 0.6 is 0 Å². The van der Waals surface area contributed by atoms with Crippen LogP contribution in [0, 0.1) is 5.92 Å². The molecule has 5 heteroatoms. The van der Waals surface area contributed by atoms with Crippen LogP contribution in [0.15, 0.2) is 0 Å². The van der Waals surface area contributed by atoms with E-state index in [9.17, 15) is 9.59 Å². The molecule has 2 amide bonds. The lowest BCUT2D eigenvalue weighted by atomic mass is 10.1. The number of nitrogens with two attached hydrogens (primary N) is 1. The zero-order valence-corrected chi connectivity index (χ0v) is 9.95. The summed E-state index contributed by atoms with van der Waals surface area (Å²) < 4.78 is 0. The minimum Gasteiger partial charge on any atom is -0.368 e. The van der Waals surface area contributed by atoms with Gasteiger partial charge in [-0.15, -0.1) is 0 Å². The molecule has 1 rings (SSSR count). The van der Waals surface area contributed by atoms with Gasteiger partial charge in [0.1, 0.15) is 0 Å². The third-order valence-electron chi connectivity index (χ3n) is 2.45. The van der Waals surface area contributed by atoms with Gasteiger partial charge in [0, 0.05) is 6.04 Å². The van der Waals surface area contributed by atoms with Gasteiger partial charge in [0.05, 0.1) is 12.5 Å². The van der Waals surface area contributed by atoms with Crippen molar-refractivity contribution in [2.24, 2.45) is 11.7 Å². The van der Waals surface area contributed by atoms with E-state index in [4.69, 9.17) is 5.73 Å². The molecule has 1 unspecified atom stereocenters. The Bertz CT molecular complexity index is 262. The first-order chi connectivity index (χ1) is 7.49. The average molecular weight is 227 g/mol. The van der Waals surface area contributed by atoms with E-state index in [1.54, 1.807) is 0 Å². The van der Waals surface area contributed by atoms with Crippen LogP contribution in [0.1, 0.15) is 33.1 Å². The van der Waals surface area contributed by atoms with Crippen LogP contribution < -0.4 is 16.4 Å². The molecule has 1 aliphatic rings. The van der Waals surface area contributed by atoms with E-state index in [1.165, 1.54) is 0 Å². The summed E-state index contributed by atoms with van der Waals surface area (Å²) in [6, 6.07) is -0.229. The van der Waals surface area contributed by atoms with Crippen LogP contribution in [0.25, 0.3) is 0 Å². The van der Waals surface area contributed by atoms with E-state index in [2.05, 4.69) is 10.6 Å². The van der Waals surface area contributed by atoms with Gasteiger partial charge in [0.15, 0.2) is 0 Å². The van der Waals surface area contributed by atoms with Crippen LogP contribution in [0.4, 0.5) is 0 Å². The van der Waals surface area contributed by atoms with Crippen molar-refractivity contribution in [3.63, 3.8) is 0 Å². The highest BCUT2D eigenvalue weighted by molar-refractivity contribution is 5.87. The van der Waals surface area contributed by atoms with Crippen molar-refractivity contribution in [2.45, 2.75) is 45.2 Å². The minimum atomic E-state index is -0.554. The van der Waals surface area contributed by atoms with Crippen molar-refractivity contribution >= 4 is 11.8 Å². The molecule has 4 N–H and O–H groups in total. The molecule has 0 heterocycles. The number of amides is 2. The molecule has 1 saturated carbocycles. The predicted octanol–water partition coefficient (Wildman–Crippen LogP) is -0.245. The molecule has 0 aromatic carbocycles. The van der Waals surface area contributed by atoms with Crippen molar-refractivity contribution < 1.29 is 9.59 Å².